The number of hydrogen-bond donors (Lipinski definition) is 1. The topological polar surface area (TPSA) is 49.8 Å². The number of carboxylic acids is 1. The SMILES string of the molecule is CC(COc1cccc(CC(=O)O)c1)CN(CC(C)c1ccccc1)CC1C=CC=C(C(F)(F)F)C1Cl. The van der Waals surface area contributed by atoms with Gasteiger partial charge in [0.25, 0.3) is 0 Å². The maximum atomic E-state index is 13.5. The van der Waals surface area contributed by atoms with Crippen LogP contribution >= 0.6 is 11.6 Å². The standard InChI is InChI=1S/C29H33ClF3NO3/c1-20(19-37-25-12-6-8-22(14-25)15-27(35)36)16-34(17-21(2)23-9-4-3-5-10-23)18-24-11-7-13-26(28(24)30)29(31,32)33/h3-14,20-21,24,28H,15-19H2,1-2H3,(H,35,36). The fourth-order valence-electron chi connectivity index (χ4n) is 4.57. The van der Waals surface area contributed by atoms with Gasteiger partial charge in [-0.05, 0) is 29.2 Å². The van der Waals surface area contributed by atoms with Gasteiger partial charge in [-0.25, -0.2) is 0 Å². The second-order valence-electron chi connectivity index (χ2n) is 9.73. The highest BCUT2D eigenvalue weighted by Crippen LogP contribution is 2.37. The molecule has 0 spiro atoms. The lowest BCUT2D eigenvalue weighted by atomic mass is 9.91. The third-order valence-corrected chi connectivity index (χ3v) is 6.92. The van der Waals surface area contributed by atoms with Crippen LogP contribution in [0.2, 0.25) is 0 Å². The molecule has 200 valence electrons. The lowest BCUT2D eigenvalue weighted by Crippen LogP contribution is -2.40. The molecule has 0 aliphatic heterocycles. The van der Waals surface area contributed by atoms with Crippen molar-refractivity contribution in [1.82, 2.24) is 4.90 Å². The average Bonchev–Trinajstić information content (AvgIpc) is 2.83. The van der Waals surface area contributed by atoms with Gasteiger partial charge in [0.2, 0.25) is 0 Å². The number of halogens is 4. The van der Waals surface area contributed by atoms with Crippen molar-refractivity contribution in [3.8, 4) is 5.75 Å². The average molecular weight is 536 g/mol. The third kappa shape index (κ3) is 8.93. The van der Waals surface area contributed by atoms with E-state index >= 15 is 0 Å². The summed E-state index contributed by atoms with van der Waals surface area (Å²) >= 11 is 6.33. The number of hydrogen-bond acceptors (Lipinski definition) is 3. The fourth-order valence-corrected chi connectivity index (χ4v) is 4.93. The van der Waals surface area contributed by atoms with Crippen molar-refractivity contribution in [3.63, 3.8) is 0 Å². The van der Waals surface area contributed by atoms with Crippen molar-refractivity contribution in [2.45, 2.75) is 37.7 Å². The summed E-state index contributed by atoms with van der Waals surface area (Å²) in [5.41, 5.74) is 1.10. The van der Waals surface area contributed by atoms with E-state index in [2.05, 4.69) is 24.0 Å². The quantitative estimate of drug-likeness (QED) is 0.307. The molecule has 4 unspecified atom stereocenters. The second kappa shape index (κ2) is 13.2. The summed E-state index contributed by atoms with van der Waals surface area (Å²) in [5.74, 6) is -0.574. The van der Waals surface area contributed by atoms with Gasteiger partial charge in [0, 0.05) is 31.5 Å². The molecule has 0 amide bonds. The number of benzene rings is 2. The van der Waals surface area contributed by atoms with E-state index in [9.17, 15) is 18.0 Å². The van der Waals surface area contributed by atoms with E-state index in [0.29, 0.717) is 37.6 Å². The Morgan fingerprint density at radius 2 is 1.84 bits per heavy atom. The predicted octanol–water partition coefficient (Wildman–Crippen LogP) is 6.72. The summed E-state index contributed by atoms with van der Waals surface area (Å²) in [6.07, 6.45) is -0.293. The van der Waals surface area contributed by atoms with E-state index in [1.54, 1.807) is 30.3 Å². The molecule has 2 aromatic rings. The summed E-state index contributed by atoms with van der Waals surface area (Å²) < 4.78 is 46.3. The van der Waals surface area contributed by atoms with E-state index in [4.69, 9.17) is 21.4 Å². The number of carbonyl (C=O) groups is 1. The Morgan fingerprint density at radius 1 is 1.11 bits per heavy atom. The molecule has 4 nitrogen and oxygen atoms in total. The van der Waals surface area contributed by atoms with Crippen molar-refractivity contribution >= 4 is 17.6 Å². The van der Waals surface area contributed by atoms with Gasteiger partial charge in [-0.1, -0.05) is 74.5 Å². The third-order valence-electron chi connectivity index (χ3n) is 6.36. The van der Waals surface area contributed by atoms with E-state index < -0.39 is 29.0 Å². The van der Waals surface area contributed by atoms with Gasteiger partial charge in [0.05, 0.1) is 24.0 Å². The van der Waals surface area contributed by atoms with E-state index in [0.717, 1.165) is 11.6 Å². The Labute approximate surface area is 221 Å². The molecule has 0 saturated carbocycles. The van der Waals surface area contributed by atoms with Crippen molar-refractivity contribution < 1.29 is 27.8 Å². The normalized spacial score (nSPS) is 19.4. The zero-order valence-corrected chi connectivity index (χ0v) is 21.8. The van der Waals surface area contributed by atoms with Crippen molar-refractivity contribution in [2.24, 2.45) is 11.8 Å². The van der Waals surface area contributed by atoms with Crippen LogP contribution < -0.4 is 4.74 Å². The van der Waals surface area contributed by atoms with Crippen LogP contribution in [0, 0.1) is 11.8 Å². The van der Waals surface area contributed by atoms with E-state index in [1.165, 1.54) is 6.08 Å². The van der Waals surface area contributed by atoms with Gasteiger partial charge >= 0.3 is 12.1 Å². The highest BCUT2D eigenvalue weighted by Gasteiger charge is 2.41. The Morgan fingerprint density at radius 3 is 2.51 bits per heavy atom. The molecule has 1 N–H and O–H groups in total. The molecule has 37 heavy (non-hydrogen) atoms. The molecule has 2 aromatic carbocycles. The first-order chi connectivity index (χ1) is 17.5. The molecule has 3 rings (SSSR count). The molecule has 1 aliphatic rings. The summed E-state index contributed by atoms with van der Waals surface area (Å²) in [5, 5.41) is 7.87. The van der Waals surface area contributed by atoms with Crippen LogP contribution in [-0.2, 0) is 11.2 Å². The molecule has 0 aromatic heterocycles. The van der Waals surface area contributed by atoms with Gasteiger partial charge in [-0.3, -0.25) is 4.79 Å². The molecular formula is C29H33ClF3NO3. The Balaban J connectivity index is 1.68. The van der Waals surface area contributed by atoms with Crippen LogP contribution in [0.25, 0.3) is 0 Å². The molecular weight excluding hydrogens is 503 g/mol. The van der Waals surface area contributed by atoms with Crippen LogP contribution in [-0.4, -0.2) is 53.8 Å². The van der Waals surface area contributed by atoms with Gasteiger partial charge in [0.15, 0.2) is 0 Å². The number of aliphatic carboxylic acids is 1. The van der Waals surface area contributed by atoms with E-state index in [1.807, 2.05) is 25.1 Å². The smallest absolute Gasteiger partial charge is 0.414 e. The van der Waals surface area contributed by atoms with Crippen molar-refractivity contribution in [2.75, 3.05) is 26.2 Å². The first-order valence-corrected chi connectivity index (χ1v) is 12.8. The second-order valence-corrected chi connectivity index (χ2v) is 10.2. The maximum Gasteiger partial charge on any atom is 0.414 e. The lowest BCUT2D eigenvalue weighted by Gasteiger charge is -2.34. The number of ether oxygens (including phenoxy) is 1. The number of allylic oxidation sites excluding steroid dienone is 3. The predicted molar refractivity (Wildman–Crippen MR) is 140 cm³/mol. The molecule has 4 atom stereocenters. The van der Waals surface area contributed by atoms with Gasteiger partial charge in [0.1, 0.15) is 5.75 Å². The fraction of sp³-hybridized carbons (Fsp3) is 0.414. The summed E-state index contributed by atoms with van der Waals surface area (Å²) in [6, 6.07) is 17.0. The summed E-state index contributed by atoms with van der Waals surface area (Å²) in [6.45, 7) is 6.15. The molecule has 8 heteroatoms. The number of rotatable bonds is 12. The first-order valence-electron chi connectivity index (χ1n) is 12.3. The monoisotopic (exact) mass is 535 g/mol. The zero-order chi connectivity index (χ0) is 27.0. The first kappa shape index (κ1) is 28.8. The molecule has 0 radical (unpaired) electrons. The molecule has 0 saturated heterocycles. The zero-order valence-electron chi connectivity index (χ0n) is 21.0. The summed E-state index contributed by atoms with van der Waals surface area (Å²) in [4.78, 5) is 13.2. The minimum Gasteiger partial charge on any atom is -0.493 e. The van der Waals surface area contributed by atoms with Crippen LogP contribution in [0.1, 0.15) is 30.9 Å². The minimum absolute atomic E-state index is 0.0603. The summed E-state index contributed by atoms with van der Waals surface area (Å²) in [7, 11) is 0. The highest BCUT2D eigenvalue weighted by atomic mass is 35.5. The largest absolute Gasteiger partial charge is 0.493 e. The number of alkyl halides is 4. The number of carboxylic acid groups (broad SMARTS) is 1. The Kier molecular flexibility index (Phi) is 10.2. The van der Waals surface area contributed by atoms with Gasteiger partial charge in [-0.15, -0.1) is 11.6 Å². The van der Waals surface area contributed by atoms with Crippen LogP contribution in [0.5, 0.6) is 5.75 Å². The van der Waals surface area contributed by atoms with Crippen LogP contribution in [0.15, 0.2) is 78.4 Å². The van der Waals surface area contributed by atoms with E-state index in [-0.39, 0.29) is 18.3 Å². The minimum atomic E-state index is -4.46. The van der Waals surface area contributed by atoms with Crippen LogP contribution in [0.3, 0.4) is 0 Å². The lowest BCUT2D eigenvalue weighted by molar-refractivity contribution is -0.136. The Bertz CT molecular complexity index is 1090. The van der Waals surface area contributed by atoms with Gasteiger partial charge in [-0.2, -0.15) is 13.2 Å². The van der Waals surface area contributed by atoms with Gasteiger partial charge < -0.3 is 14.7 Å². The molecule has 1 aliphatic carbocycles. The molecule has 0 fully saturated rings. The highest BCUT2D eigenvalue weighted by molar-refractivity contribution is 6.23. The van der Waals surface area contributed by atoms with Crippen molar-refractivity contribution in [1.29, 1.82) is 0 Å². The molecule has 0 bridgehead atoms. The van der Waals surface area contributed by atoms with Crippen LogP contribution in [0.4, 0.5) is 13.2 Å². The van der Waals surface area contributed by atoms with Crippen molar-refractivity contribution in [3.05, 3.63) is 89.5 Å². The molecule has 0 heterocycles. The Hall–Kier alpha value is -2.77. The number of nitrogens with zero attached hydrogens (tertiary/aromatic N) is 1. The maximum absolute atomic E-state index is 13.5.